The highest BCUT2D eigenvalue weighted by Gasteiger charge is 2.33. The Kier molecular flexibility index (Phi) is 6.09. The van der Waals surface area contributed by atoms with Crippen LogP contribution < -0.4 is 4.74 Å². The first-order chi connectivity index (χ1) is 13.9. The van der Waals surface area contributed by atoms with E-state index in [1.165, 1.54) is 4.40 Å². The summed E-state index contributed by atoms with van der Waals surface area (Å²) in [5.41, 5.74) is -1.18. The van der Waals surface area contributed by atoms with Gasteiger partial charge in [-0.1, -0.05) is 6.92 Å². The predicted molar refractivity (Wildman–Crippen MR) is 97.4 cm³/mol. The normalized spacial score (nSPS) is 13.6. The number of hydrogen-bond donors (Lipinski definition) is 0. The molecule has 3 aromatic heterocycles. The second kappa shape index (κ2) is 8.13. The zero-order chi connectivity index (χ0) is 22.3. The molecule has 0 amide bonds. The Morgan fingerprint density at radius 2 is 1.83 bits per heavy atom. The van der Waals surface area contributed by atoms with Crippen LogP contribution in [0.2, 0.25) is 0 Å². The molecule has 3 heterocycles. The van der Waals surface area contributed by atoms with Crippen LogP contribution in [0.25, 0.3) is 17.0 Å². The number of pyridine rings is 1. The molecule has 0 aliphatic heterocycles. The number of aromatic nitrogens is 4. The largest absolute Gasteiger partial charge is 0.482 e. The summed E-state index contributed by atoms with van der Waals surface area (Å²) in [7, 11) is -1.68. The summed E-state index contributed by atoms with van der Waals surface area (Å²) in [6, 6.07) is 1.87. The molecule has 14 heteroatoms. The minimum absolute atomic E-state index is 0.0266. The summed E-state index contributed by atoms with van der Waals surface area (Å²) >= 11 is 3.20. The second-order valence-electron chi connectivity index (χ2n) is 5.81. The van der Waals surface area contributed by atoms with Gasteiger partial charge in [0.1, 0.15) is 39.4 Å². The van der Waals surface area contributed by atoms with E-state index in [0.717, 1.165) is 24.7 Å². The fraction of sp³-hybridized carbons (Fsp3) is 0.312. The lowest BCUT2D eigenvalue weighted by Crippen LogP contribution is -2.19. The maximum Gasteiger partial charge on any atom is 0.433 e. The zero-order valence-electron chi connectivity index (χ0n) is 14.9. The fourth-order valence-corrected chi connectivity index (χ4v) is 3.88. The van der Waals surface area contributed by atoms with E-state index >= 15 is 0 Å². The molecule has 0 saturated carbocycles. The summed E-state index contributed by atoms with van der Waals surface area (Å²) in [5, 5.41) is 0. The number of imidazole rings is 1. The number of halogens is 7. The lowest BCUT2D eigenvalue weighted by Gasteiger charge is -2.12. The molecule has 0 aliphatic rings. The molecule has 0 spiro atoms. The molecule has 1 unspecified atom stereocenters. The van der Waals surface area contributed by atoms with E-state index in [4.69, 9.17) is 0 Å². The van der Waals surface area contributed by atoms with E-state index in [2.05, 4.69) is 35.6 Å². The van der Waals surface area contributed by atoms with Gasteiger partial charge in [-0.25, -0.2) is 15.0 Å². The van der Waals surface area contributed by atoms with Crippen LogP contribution in [0.15, 0.2) is 34.2 Å². The Labute approximate surface area is 175 Å². The second-order valence-corrected chi connectivity index (χ2v) is 8.27. The van der Waals surface area contributed by atoms with Crippen molar-refractivity contribution < 1.29 is 35.3 Å². The molecule has 0 saturated heterocycles. The van der Waals surface area contributed by atoms with Crippen molar-refractivity contribution in [3.8, 4) is 17.1 Å². The van der Waals surface area contributed by atoms with Crippen molar-refractivity contribution in [1.82, 2.24) is 19.4 Å². The molecule has 0 N–H and O–H groups in total. The maximum absolute atomic E-state index is 12.9. The molecule has 3 aromatic rings. The number of alkyl halides is 6. The van der Waals surface area contributed by atoms with Gasteiger partial charge in [-0.2, -0.15) is 26.3 Å². The van der Waals surface area contributed by atoms with Crippen molar-refractivity contribution in [1.29, 1.82) is 0 Å². The van der Waals surface area contributed by atoms with Gasteiger partial charge in [0.25, 0.3) is 0 Å². The van der Waals surface area contributed by atoms with Gasteiger partial charge >= 0.3 is 12.4 Å². The maximum atomic E-state index is 12.9. The lowest BCUT2D eigenvalue weighted by molar-refractivity contribution is -0.153. The van der Waals surface area contributed by atoms with Gasteiger partial charge in [0.2, 0.25) is 0 Å². The fourth-order valence-electron chi connectivity index (χ4n) is 2.40. The van der Waals surface area contributed by atoms with E-state index in [1.807, 2.05) is 0 Å². The molecular weight excluding hydrogens is 506 g/mol. The Morgan fingerprint density at radius 1 is 1.13 bits per heavy atom. The number of fused-ring (bicyclic) bond motifs is 1. The quantitative estimate of drug-likeness (QED) is 0.462. The van der Waals surface area contributed by atoms with Crippen molar-refractivity contribution in [2.75, 3.05) is 12.4 Å². The number of hydrogen-bond acceptors (Lipinski definition) is 5. The third kappa shape index (κ3) is 4.74. The first-order valence-corrected chi connectivity index (χ1v) is 10.2. The molecule has 0 radical (unpaired) electrons. The first kappa shape index (κ1) is 22.5. The van der Waals surface area contributed by atoms with Crippen molar-refractivity contribution >= 4 is 32.4 Å². The monoisotopic (exact) mass is 516 g/mol. The highest BCUT2D eigenvalue weighted by atomic mass is 79.9. The Bertz CT molecular complexity index is 1120. The van der Waals surface area contributed by atoms with Crippen LogP contribution in [0, 0.1) is 0 Å². The summed E-state index contributed by atoms with van der Waals surface area (Å²) < 4.78 is 94.4. The van der Waals surface area contributed by atoms with Crippen LogP contribution in [-0.2, 0) is 17.0 Å². The van der Waals surface area contributed by atoms with Gasteiger partial charge in [0.05, 0.1) is 21.9 Å². The van der Waals surface area contributed by atoms with Crippen LogP contribution in [-0.4, -0.2) is 42.1 Å². The smallest absolute Gasteiger partial charge is 0.433 e. The molecule has 30 heavy (non-hydrogen) atoms. The predicted octanol–water partition coefficient (Wildman–Crippen LogP) is 4.64. The molecule has 0 aromatic carbocycles. The number of nitrogens with zero attached hydrogens (tertiary/aromatic N) is 4. The average molecular weight is 517 g/mol. The Balaban J connectivity index is 2.10. The van der Waals surface area contributed by atoms with Crippen molar-refractivity contribution in [3.63, 3.8) is 0 Å². The Hall–Kier alpha value is -2.22. The van der Waals surface area contributed by atoms with Crippen molar-refractivity contribution in [3.05, 3.63) is 35.0 Å². The molecule has 0 fully saturated rings. The SMILES string of the molecule is CCS(=O)c1cc(OCC(F)(F)F)cnc1-c1nc2cc(C(F)(F)F)ncn2c1Br. The van der Waals surface area contributed by atoms with Gasteiger partial charge in [0, 0.05) is 17.9 Å². The summed E-state index contributed by atoms with van der Waals surface area (Å²) in [6.07, 6.45) is -7.34. The van der Waals surface area contributed by atoms with E-state index < -0.39 is 35.5 Å². The van der Waals surface area contributed by atoms with E-state index in [1.54, 1.807) is 6.92 Å². The molecule has 3 rings (SSSR count). The topological polar surface area (TPSA) is 69.4 Å². The van der Waals surface area contributed by atoms with Crippen LogP contribution in [0.3, 0.4) is 0 Å². The molecule has 162 valence electrons. The highest BCUT2D eigenvalue weighted by Crippen LogP contribution is 2.35. The van der Waals surface area contributed by atoms with Gasteiger partial charge in [0.15, 0.2) is 6.61 Å². The van der Waals surface area contributed by atoms with Crippen molar-refractivity contribution in [2.45, 2.75) is 24.2 Å². The first-order valence-electron chi connectivity index (χ1n) is 8.10. The molecular formula is C16H11BrF6N4O2S. The standard InChI is InChI=1S/C16H11BrF6N4O2S/c1-2-30(28)9-3-8(29-6-15(18,19)20)5-24-12(9)13-14(17)27-7-25-10(16(21,22)23)4-11(27)26-13/h3-5,7H,2,6H2,1H3. The van der Waals surface area contributed by atoms with Crippen molar-refractivity contribution in [2.24, 2.45) is 0 Å². The number of ether oxygens (including phenoxy) is 1. The lowest BCUT2D eigenvalue weighted by atomic mass is 10.3. The molecule has 6 nitrogen and oxygen atoms in total. The van der Waals surface area contributed by atoms with Crippen LogP contribution >= 0.6 is 15.9 Å². The summed E-state index contributed by atoms with van der Waals surface area (Å²) in [4.78, 5) is 11.5. The molecule has 1 atom stereocenters. The minimum atomic E-state index is -4.68. The van der Waals surface area contributed by atoms with E-state index in [9.17, 15) is 30.6 Å². The third-order valence-corrected chi connectivity index (χ3v) is 5.79. The molecule has 0 aliphatic carbocycles. The van der Waals surface area contributed by atoms with E-state index in [-0.39, 0.29) is 38.0 Å². The van der Waals surface area contributed by atoms with E-state index in [0.29, 0.717) is 0 Å². The number of rotatable bonds is 5. The van der Waals surface area contributed by atoms with Gasteiger partial charge in [-0.15, -0.1) is 0 Å². The minimum Gasteiger partial charge on any atom is -0.482 e. The van der Waals surface area contributed by atoms with Crippen LogP contribution in [0.5, 0.6) is 5.75 Å². The molecule has 0 bridgehead atoms. The highest BCUT2D eigenvalue weighted by molar-refractivity contribution is 9.10. The van der Waals surface area contributed by atoms with Crippen LogP contribution in [0.4, 0.5) is 26.3 Å². The van der Waals surface area contributed by atoms with Crippen LogP contribution in [0.1, 0.15) is 12.6 Å². The van der Waals surface area contributed by atoms with Gasteiger partial charge < -0.3 is 4.74 Å². The summed E-state index contributed by atoms with van der Waals surface area (Å²) in [5.74, 6) is -0.142. The summed E-state index contributed by atoms with van der Waals surface area (Å²) in [6.45, 7) is 0.0254. The van der Waals surface area contributed by atoms with Gasteiger partial charge in [-0.05, 0) is 15.9 Å². The third-order valence-electron chi connectivity index (χ3n) is 3.71. The Morgan fingerprint density at radius 3 is 2.43 bits per heavy atom. The van der Waals surface area contributed by atoms with Gasteiger partial charge in [-0.3, -0.25) is 8.61 Å². The zero-order valence-corrected chi connectivity index (χ0v) is 17.3. The average Bonchev–Trinajstić information content (AvgIpc) is 3.00.